The van der Waals surface area contributed by atoms with Crippen molar-refractivity contribution in [3.63, 3.8) is 0 Å². The minimum atomic E-state index is -0.971. The van der Waals surface area contributed by atoms with Crippen LogP contribution in [0.25, 0.3) is 0 Å². The van der Waals surface area contributed by atoms with E-state index in [2.05, 4.69) is 48.6 Å². The molecule has 0 bridgehead atoms. The van der Waals surface area contributed by atoms with Crippen molar-refractivity contribution in [1.82, 2.24) is 19.8 Å². The zero-order valence-electron chi connectivity index (χ0n) is 24.5. The number of aromatic nitrogens is 2. The molecular formula is C32H38N6O4. The van der Waals surface area contributed by atoms with E-state index in [1.807, 2.05) is 6.07 Å². The summed E-state index contributed by atoms with van der Waals surface area (Å²) < 4.78 is 12.6. The highest BCUT2D eigenvalue weighted by Gasteiger charge is 2.48. The second-order valence-corrected chi connectivity index (χ2v) is 11.9. The summed E-state index contributed by atoms with van der Waals surface area (Å²) in [6.45, 7) is 8.92. The molecule has 4 heterocycles. The van der Waals surface area contributed by atoms with Gasteiger partial charge in [0.15, 0.2) is 0 Å². The van der Waals surface area contributed by atoms with Crippen LogP contribution < -0.4 is 9.64 Å². The number of nitriles is 1. The molecule has 1 spiro atoms. The molecule has 10 nitrogen and oxygen atoms in total. The zero-order chi connectivity index (χ0) is 29.4. The van der Waals surface area contributed by atoms with Crippen LogP contribution in [0.5, 0.6) is 6.01 Å². The van der Waals surface area contributed by atoms with Gasteiger partial charge in [0.1, 0.15) is 23.7 Å². The van der Waals surface area contributed by atoms with Gasteiger partial charge in [-0.25, -0.2) is 0 Å². The van der Waals surface area contributed by atoms with Gasteiger partial charge in [-0.05, 0) is 69.0 Å². The lowest BCUT2D eigenvalue weighted by Crippen LogP contribution is -2.55. The summed E-state index contributed by atoms with van der Waals surface area (Å²) in [4.78, 5) is 42.5. The average molecular weight is 571 g/mol. The predicted octanol–water partition coefficient (Wildman–Crippen LogP) is 3.02. The number of hydrogen-bond donors (Lipinski definition) is 0. The number of anilines is 1. The Morgan fingerprint density at radius 3 is 2.88 bits per heavy atom. The summed E-state index contributed by atoms with van der Waals surface area (Å²) >= 11 is 0. The number of piperazine rings is 1. The van der Waals surface area contributed by atoms with Crippen molar-refractivity contribution in [1.29, 1.82) is 5.26 Å². The Kier molecular flexibility index (Phi) is 7.73. The van der Waals surface area contributed by atoms with Crippen molar-refractivity contribution in [2.45, 2.75) is 69.7 Å². The molecule has 42 heavy (non-hydrogen) atoms. The number of ketones is 1. The molecule has 2 aromatic rings. The maximum Gasteiger partial charge on any atom is 0.319 e. The Balaban J connectivity index is 1.35. The van der Waals surface area contributed by atoms with E-state index in [4.69, 9.17) is 19.4 Å². The van der Waals surface area contributed by atoms with E-state index in [0.717, 1.165) is 36.1 Å². The minimum Gasteiger partial charge on any atom is -0.462 e. The van der Waals surface area contributed by atoms with Gasteiger partial charge in [0.2, 0.25) is 11.7 Å². The molecule has 1 aromatic carbocycles. The average Bonchev–Trinajstić information content (AvgIpc) is 3.42. The van der Waals surface area contributed by atoms with E-state index >= 15 is 0 Å². The van der Waals surface area contributed by atoms with Gasteiger partial charge in [-0.1, -0.05) is 24.8 Å². The molecule has 220 valence electrons. The third-order valence-corrected chi connectivity index (χ3v) is 9.49. The normalized spacial score (nSPS) is 25.6. The number of Topliss-reactive ketones (excluding diaryl/α,β-unsaturated/α-hetero) is 1. The fourth-order valence-corrected chi connectivity index (χ4v) is 6.96. The molecule has 3 atom stereocenters. The number of nitrogens with zero attached hydrogens (tertiary/aromatic N) is 6. The highest BCUT2D eigenvalue weighted by atomic mass is 16.5. The fourth-order valence-electron chi connectivity index (χ4n) is 6.96. The first kappa shape index (κ1) is 28.3. The molecule has 2 fully saturated rings. The maximum absolute atomic E-state index is 14.3. The first-order valence-corrected chi connectivity index (χ1v) is 14.9. The number of carbonyl (C=O) groups is 2. The highest BCUT2D eigenvalue weighted by molar-refractivity contribution is 6.04. The largest absolute Gasteiger partial charge is 0.462 e. The Morgan fingerprint density at radius 2 is 2.12 bits per heavy atom. The first-order valence-electron chi connectivity index (χ1n) is 14.9. The number of aryl methyl sites for hydroxylation is 1. The van der Waals surface area contributed by atoms with Crippen LogP contribution in [-0.2, 0) is 29.0 Å². The molecule has 4 aliphatic rings. The highest BCUT2D eigenvalue weighted by Crippen LogP contribution is 2.42. The van der Waals surface area contributed by atoms with E-state index in [-0.39, 0.29) is 36.2 Å². The summed E-state index contributed by atoms with van der Waals surface area (Å²) in [6, 6.07) is 8.55. The molecule has 3 aliphatic heterocycles. The summed E-state index contributed by atoms with van der Waals surface area (Å²) in [5.74, 6) is 0.335. The standard InChI is InChI=1S/C32H38N6O4/c1-4-27(39)38-16-15-37(18-23(38)11-13-33)30-25-10-12-32(17-22-8-5-7-21(2)26(22)20-42-32)29(40)28(25)34-31(35-30)41-19-24-9-6-14-36(24)3/h4-5,7-8,23-24H,1,6,9-12,14-20H2,2-3H3/t23?,24?,32-/m0/s1. The number of hydrogen-bond acceptors (Lipinski definition) is 9. The number of benzene rings is 1. The monoisotopic (exact) mass is 570 g/mol. The number of likely N-dealkylation sites (N-methyl/N-ethyl adjacent to an activating group) is 1. The van der Waals surface area contributed by atoms with Crippen LogP contribution in [0.4, 0.5) is 5.82 Å². The molecule has 1 aromatic heterocycles. The number of amides is 1. The Bertz CT molecular complexity index is 1450. The van der Waals surface area contributed by atoms with Crippen molar-refractivity contribution in [2.75, 3.05) is 44.7 Å². The number of ether oxygens (including phenoxy) is 2. The second-order valence-electron chi connectivity index (χ2n) is 11.9. The van der Waals surface area contributed by atoms with Crippen molar-refractivity contribution >= 4 is 17.5 Å². The maximum atomic E-state index is 14.3. The smallest absolute Gasteiger partial charge is 0.319 e. The lowest BCUT2D eigenvalue weighted by atomic mass is 9.75. The molecule has 2 unspecified atom stereocenters. The van der Waals surface area contributed by atoms with Crippen LogP contribution in [0.3, 0.4) is 0 Å². The Morgan fingerprint density at radius 1 is 1.26 bits per heavy atom. The van der Waals surface area contributed by atoms with E-state index in [0.29, 0.717) is 63.6 Å². The van der Waals surface area contributed by atoms with E-state index < -0.39 is 5.60 Å². The van der Waals surface area contributed by atoms with E-state index in [1.54, 1.807) is 4.90 Å². The van der Waals surface area contributed by atoms with Crippen molar-refractivity contribution in [3.8, 4) is 12.1 Å². The molecule has 0 N–H and O–H groups in total. The van der Waals surface area contributed by atoms with Gasteiger partial charge >= 0.3 is 6.01 Å². The molecule has 0 saturated carbocycles. The zero-order valence-corrected chi connectivity index (χ0v) is 24.5. The van der Waals surface area contributed by atoms with Crippen LogP contribution in [-0.4, -0.2) is 89.0 Å². The van der Waals surface area contributed by atoms with Gasteiger partial charge in [-0.15, -0.1) is 0 Å². The van der Waals surface area contributed by atoms with E-state index in [1.165, 1.54) is 11.6 Å². The van der Waals surface area contributed by atoms with Crippen LogP contribution in [0, 0.1) is 18.3 Å². The topological polar surface area (TPSA) is 112 Å². The SMILES string of the molecule is C=CC(=O)N1CCN(c2nc(OCC3CCCN3C)nc3c2CC[C@]2(Cc4cccc(C)c4CO2)C3=O)CC1CC#N. The lowest BCUT2D eigenvalue weighted by molar-refractivity contribution is -0.128. The van der Waals surface area contributed by atoms with Crippen LogP contribution in [0.2, 0.25) is 0 Å². The molecule has 1 amide bonds. The molecular weight excluding hydrogens is 532 g/mol. The molecule has 0 radical (unpaired) electrons. The molecule has 1 aliphatic carbocycles. The van der Waals surface area contributed by atoms with Crippen LogP contribution >= 0.6 is 0 Å². The summed E-state index contributed by atoms with van der Waals surface area (Å²) in [5, 5.41) is 9.50. The second kappa shape index (κ2) is 11.5. The Hall–Kier alpha value is -3.81. The van der Waals surface area contributed by atoms with E-state index in [9.17, 15) is 14.9 Å². The summed E-state index contributed by atoms with van der Waals surface area (Å²) in [5.41, 5.74) is 3.65. The minimum absolute atomic E-state index is 0.128. The summed E-state index contributed by atoms with van der Waals surface area (Å²) in [6.07, 6.45) is 5.27. The van der Waals surface area contributed by atoms with Crippen LogP contribution in [0.15, 0.2) is 30.9 Å². The quantitative estimate of drug-likeness (QED) is 0.484. The predicted molar refractivity (Wildman–Crippen MR) is 156 cm³/mol. The number of carbonyl (C=O) groups excluding carboxylic acids is 2. The molecule has 2 saturated heterocycles. The third kappa shape index (κ3) is 5.05. The van der Waals surface area contributed by atoms with Gasteiger partial charge in [-0.3, -0.25) is 9.59 Å². The van der Waals surface area contributed by atoms with Gasteiger partial charge in [0, 0.05) is 37.7 Å². The van der Waals surface area contributed by atoms with Gasteiger partial charge in [0.25, 0.3) is 0 Å². The number of rotatable bonds is 6. The molecule has 10 heteroatoms. The van der Waals surface area contributed by atoms with Crippen molar-refractivity contribution < 1.29 is 19.1 Å². The molecule has 6 rings (SSSR count). The Labute approximate surface area is 246 Å². The van der Waals surface area contributed by atoms with Gasteiger partial charge in [-0.2, -0.15) is 15.2 Å². The third-order valence-electron chi connectivity index (χ3n) is 9.49. The van der Waals surface area contributed by atoms with Crippen molar-refractivity contribution in [2.24, 2.45) is 0 Å². The number of likely N-dealkylation sites (tertiary alicyclic amines) is 1. The summed E-state index contributed by atoms with van der Waals surface area (Å²) in [7, 11) is 2.09. The lowest BCUT2D eigenvalue weighted by Gasteiger charge is -2.43. The first-order chi connectivity index (χ1) is 20.3. The fraction of sp³-hybridized carbons (Fsp3) is 0.531. The van der Waals surface area contributed by atoms with Crippen molar-refractivity contribution in [3.05, 3.63) is 58.8 Å². The van der Waals surface area contributed by atoms with Gasteiger partial charge in [0.05, 0.1) is 25.1 Å². The number of fused-ring (bicyclic) bond motifs is 2. The van der Waals surface area contributed by atoms with Crippen LogP contribution in [0.1, 0.15) is 58.4 Å². The van der Waals surface area contributed by atoms with Gasteiger partial charge < -0.3 is 24.2 Å².